The Hall–Kier alpha value is -17.4. The van der Waals surface area contributed by atoms with Gasteiger partial charge in [-0.05, 0) is 204 Å². The summed E-state index contributed by atoms with van der Waals surface area (Å²) in [5.41, 5.74) is 15.6. The van der Waals surface area contributed by atoms with Gasteiger partial charge in [0.2, 0.25) is 0 Å². The molecular formula is C112H86N6O8. The molecule has 0 bridgehead atoms. The first-order valence-corrected chi connectivity index (χ1v) is 40.2. The third-order valence-corrected chi connectivity index (χ3v) is 19.0. The molecule has 2 heterocycles. The van der Waals surface area contributed by atoms with E-state index in [1.807, 2.05) is 237 Å². The number of fused-ring (bicyclic) bond motifs is 2. The van der Waals surface area contributed by atoms with Crippen molar-refractivity contribution in [1.82, 2.24) is 21.3 Å². The van der Waals surface area contributed by atoms with Crippen molar-refractivity contribution in [2.24, 2.45) is 0 Å². The fourth-order valence-corrected chi connectivity index (χ4v) is 12.3. The zero-order chi connectivity index (χ0) is 89.1. The van der Waals surface area contributed by atoms with E-state index in [1.165, 1.54) is 86.8 Å². The van der Waals surface area contributed by atoms with Gasteiger partial charge in [-0.25, -0.2) is 9.80 Å². The minimum atomic E-state index is -0.622. The second-order valence-corrected chi connectivity index (χ2v) is 28.4. The number of carbonyl (C=O) groups excluding carboxylic acids is 8. The van der Waals surface area contributed by atoms with E-state index in [4.69, 9.17) is 0 Å². The normalized spacial score (nSPS) is 10.6. The fraction of sp³-hybridized carbons (Fsp3) is 0.0714. The number of hydrogen-bond donors (Lipinski definition) is 4. The Balaban J connectivity index is 0.000000190. The highest BCUT2D eigenvalue weighted by molar-refractivity contribution is 6.36. The SMILES string of the molecule is CNC(=O)c1cc(C(=O)NC)cc(N2C(=O)c3cc(C#Cc4ccc(C#Cc5ccccc5)cc4)c(C#Cc4ccc(C#Cc5ccccc5)cc4)cc3C2=O)c1.CNC(=O)c1cc(C(=O)NC)cc(N2C(=O)c3ccc(C#Cc4ccc(C#Cc5ccccc5)cc4)cc3C2=O)c1.Cc1ccccc1.Cc1ccccc1.Cc1ccccc1.Cc1ccccc1. The summed E-state index contributed by atoms with van der Waals surface area (Å²) in [6, 6.07) is 109. The number of aryl methyl sites for hydroxylation is 4. The van der Waals surface area contributed by atoms with Crippen molar-refractivity contribution in [1.29, 1.82) is 0 Å². The second kappa shape index (κ2) is 45.1. The molecule has 612 valence electrons. The molecule has 0 spiro atoms. The minimum Gasteiger partial charge on any atom is -0.355 e. The third kappa shape index (κ3) is 25.6. The van der Waals surface area contributed by atoms with E-state index in [0.717, 1.165) is 48.7 Å². The average molecular weight is 1640 g/mol. The standard InChI is InChI=1S/C50H31N3O4.C34H23N3O4.4C7H8/c1-51-47(54)42-29-43(48(55)52-2)31-44(30-42)53-49(56)45-32-40(27-25-38-21-17-36(18-22-38)15-13-34-9-5-3-6-10-34)41(33-46(45)50(53)57)28-26-39-23-19-37(20-24-39)16-14-35-11-7-4-8-12-35;1-35-31(38)26-19-27(32(39)36-2)21-28(20-26)37-33(40)29-17-16-25(18-30(29)34(37)41)15-14-24-12-10-23(11-13-24)9-8-22-6-4-3-5-7-22;4*1-7-5-3-2-4-6-7/h3-12,17-24,29-33H,1-2H3,(H,51,54)(H,52,55);3-7,10-13,16-21H,1-2H3,(H,35,38)(H,36,39);4*2-6H,1H3. The lowest BCUT2D eigenvalue weighted by atomic mass is 9.99. The number of imide groups is 2. The predicted molar refractivity (Wildman–Crippen MR) is 501 cm³/mol. The van der Waals surface area contributed by atoms with E-state index < -0.39 is 47.3 Å². The van der Waals surface area contributed by atoms with Crippen LogP contribution in [-0.2, 0) is 0 Å². The van der Waals surface area contributed by atoms with E-state index in [0.29, 0.717) is 27.8 Å². The van der Waals surface area contributed by atoms with Gasteiger partial charge in [-0.3, -0.25) is 38.4 Å². The lowest BCUT2D eigenvalue weighted by molar-refractivity contribution is 0.0909. The van der Waals surface area contributed by atoms with Crippen LogP contribution in [0.3, 0.4) is 0 Å². The molecule has 16 rings (SSSR count). The highest BCUT2D eigenvalue weighted by atomic mass is 16.2. The molecule has 14 heteroatoms. The van der Waals surface area contributed by atoms with Crippen molar-refractivity contribution in [2.45, 2.75) is 27.7 Å². The number of amides is 8. The number of benzene rings is 14. The molecule has 0 fully saturated rings. The summed E-state index contributed by atoms with van der Waals surface area (Å²) in [6.07, 6.45) is 0. The lowest BCUT2D eigenvalue weighted by Gasteiger charge is -2.16. The number of nitrogens with one attached hydrogen (secondary N) is 4. The Bertz CT molecular complexity index is 6340. The van der Waals surface area contributed by atoms with E-state index in [9.17, 15) is 38.4 Å². The van der Waals surface area contributed by atoms with Gasteiger partial charge < -0.3 is 21.3 Å². The van der Waals surface area contributed by atoms with Gasteiger partial charge in [0.05, 0.1) is 33.6 Å². The van der Waals surface area contributed by atoms with E-state index >= 15 is 0 Å². The van der Waals surface area contributed by atoms with Crippen LogP contribution in [0.5, 0.6) is 0 Å². The van der Waals surface area contributed by atoms with E-state index in [-0.39, 0.29) is 55.9 Å². The van der Waals surface area contributed by atoms with Gasteiger partial charge in [0.25, 0.3) is 47.3 Å². The van der Waals surface area contributed by atoms with Crippen LogP contribution in [0.15, 0.2) is 352 Å². The van der Waals surface area contributed by atoms with Gasteiger partial charge in [-0.1, -0.05) is 269 Å². The first-order chi connectivity index (χ1) is 61.2. The fourth-order valence-electron chi connectivity index (χ4n) is 12.3. The average Bonchev–Trinajstić information content (AvgIpc) is 1.61. The van der Waals surface area contributed by atoms with Crippen molar-refractivity contribution in [3.63, 3.8) is 0 Å². The smallest absolute Gasteiger partial charge is 0.266 e. The van der Waals surface area contributed by atoms with Crippen LogP contribution in [0.2, 0.25) is 0 Å². The molecule has 8 amide bonds. The number of nitrogens with zero attached hydrogens (tertiary/aromatic N) is 2. The first-order valence-electron chi connectivity index (χ1n) is 40.2. The molecule has 14 aromatic rings. The van der Waals surface area contributed by atoms with Gasteiger partial charge in [0.15, 0.2) is 0 Å². The third-order valence-electron chi connectivity index (χ3n) is 19.0. The summed E-state index contributed by atoms with van der Waals surface area (Å²) in [4.78, 5) is 106. The van der Waals surface area contributed by atoms with Crippen molar-refractivity contribution in [3.05, 3.63) is 485 Å². The largest absolute Gasteiger partial charge is 0.355 e. The molecule has 14 nitrogen and oxygen atoms in total. The van der Waals surface area contributed by atoms with Gasteiger partial charge >= 0.3 is 0 Å². The van der Waals surface area contributed by atoms with Crippen molar-refractivity contribution >= 4 is 58.6 Å². The molecule has 4 N–H and O–H groups in total. The highest BCUT2D eigenvalue weighted by Crippen LogP contribution is 2.34. The number of anilines is 2. The number of rotatable bonds is 6. The topological polar surface area (TPSA) is 191 Å². The molecule has 0 radical (unpaired) electrons. The van der Waals surface area contributed by atoms with Crippen LogP contribution >= 0.6 is 0 Å². The summed E-state index contributed by atoms with van der Waals surface area (Å²) in [7, 11) is 5.80. The van der Waals surface area contributed by atoms with Gasteiger partial charge in [0.1, 0.15) is 0 Å². The van der Waals surface area contributed by atoms with Crippen LogP contribution in [0, 0.1) is 98.7 Å². The Labute approximate surface area is 735 Å². The Morgan fingerprint density at radius 1 is 0.206 bits per heavy atom. The summed E-state index contributed by atoms with van der Waals surface area (Å²) in [5, 5.41) is 10.0. The van der Waals surface area contributed by atoms with E-state index in [2.05, 4.69) is 169 Å². The summed E-state index contributed by atoms with van der Waals surface area (Å²) in [6.45, 7) is 8.33. The van der Waals surface area contributed by atoms with Crippen LogP contribution in [0.25, 0.3) is 0 Å². The van der Waals surface area contributed by atoms with Crippen molar-refractivity contribution in [3.8, 4) is 71.0 Å². The van der Waals surface area contributed by atoms with Crippen LogP contribution in [0.4, 0.5) is 11.4 Å². The Morgan fingerprint density at radius 3 is 0.619 bits per heavy atom. The van der Waals surface area contributed by atoms with Gasteiger partial charge in [0, 0.05) is 117 Å². The molecule has 0 saturated heterocycles. The zero-order valence-corrected chi connectivity index (χ0v) is 70.6. The summed E-state index contributed by atoms with van der Waals surface area (Å²) in [5.74, 6) is 33.4. The molecule has 0 aliphatic carbocycles. The molecule has 0 saturated carbocycles. The van der Waals surface area contributed by atoms with Crippen LogP contribution in [0.1, 0.15) is 172 Å². The molecule has 0 unspecified atom stereocenters. The highest BCUT2D eigenvalue weighted by Gasteiger charge is 2.39. The minimum absolute atomic E-state index is 0.0760. The monoisotopic (exact) mass is 1640 g/mol. The molecule has 0 aromatic heterocycles. The maximum atomic E-state index is 14.0. The summed E-state index contributed by atoms with van der Waals surface area (Å²) >= 11 is 0. The summed E-state index contributed by atoms with van der Waals surface area (Å²) < 4.78 is 0. The van der Waals surface area contributed by atoms with Crippen molar-refractivity contribution in [2.75, 3.05) is 38.0 Å². The van der Waals surface area contributed by atoms with Gasteiger partial charge in [-0.15, -0.1) is 0 Å². The van der Waals surface area contributed by atoms with Crippen LogP contribution in [-0.4, -0.2) is 75.4 Å². The Morgan fingerprint density at radius 2 is 0.397 bits per heavy atom. The maximum Gasteiger partial charge on any atom is 0.266 e. The molecule has 126 heavy (non-hydrogen) atoms. The first kappa shape index (κ1) is 89.4. The molecule has 2 aliphatic heterocycles. The lowest BCUT2D eigenvalue weighted by Crippen LogP contribution is -2.30. The quantitative estimate of drug-likeness (QED) is 0.0934. The van der Waals surface area contributed by atoms with Gasteiger partial charge in [-0.2, -0.15) is 0 Å². The number of hydrogen-bond acceptors (Lipinski definition) is 8. The molecular weight excluding hydrogens is 1560 g/mol. The Kier molecular flexibility index (Phi) is 32.0. The molecule has 14 aromatic carbocycles. The second-order valence-electron chi connectivity index (χ2n) is 28.4. The molecule has 2 aliphatic rings. The van der Waals surface area contributed by atoms with Crippen LogP contribution < -0.4 is 31.1 Å². The maximum absolute atomic E-state index is 14.0. The molecule has 0 atom stereocenters. The predicted octanol–water partition coefficient (Wildman–Crippen LogP) is 18.8. The number of carbonyl (C=O) groups is 8. The van der Waals surface area contributed by atoms with Crippen molar-refractivity contribution < 1.29 is 38.4 Å². The van der Waals surface area contributed by atoms with E-state index in [1.54, 1.807) is 30.3 Å². The zero-order valence-electron chi connectivity index (χ0n) is 70.6.